The predicted octanol–water partition coefficient (Wildman–Crippen LogP) is 5.01. The molecule has 1 heterocycles. The number of carbonyl (C=O) groups is 2. The molecule has 1 amide bonds. The molecule has 1 aromatic heterocycles. The van der Waals surface area contributed by atoms with E-state index in [2.05, 4.69) is 15.6 Å². The largest absolute Gasteiger partial charge is 0.465 e. The molecule has 0 fully saturated rings. The number of esters is 1. The first-order valence-electron chi connectivity index (χ1n) is 10.6. The van der Waals surface area contributed by atoms with Gasteiger partial charge in [-0.1, -0.05) is 42.5 Å². The van der Waals surface area contributed by atoms with E-state index in [0.29, 0.717) is 23.6 Å². The van der Waals surface area contributed by atoms with Crippen LogP contribution in [0.5, 0.6) is 0 Å². The maximum atomic E-state index is 12.3. The van der Waals surface area contributed by atoms with Gasteiger partial charge in [-0.2, -0.15) is 5.26 Å². The van der Waals surface area contributed by atoms with Crippen LogP contribution in [-0.4, -0.2) is 24.0 Å². The lowest BCUT2D eigenvalue weighted by Gasteiger charge is -2.15. The second-order valence-corrected chi connectivity index (χ2v) is 7.60. The highest BCUT2D eigenvalue weighted by molar-refractivity contribution is 5.98. The lowest BCUT2D eigenvalue weighted by molar-refractivity contribution is -0.116. The van der Waals surface area contributed by atoms with Crippen LogP contribution in [0.2, 0.25) is 0 Å². The molecule has 0 saturated carbocycles. The first kappa shape index (κ1) is 23.5. The molecular formula is C26H26N4O3. The molecular weight excluding hydrogens is 416 g/mol. The van der Waals surface area contributed by atoms with Crippen LogP contribution >= 0.6 is 0 Å². The summed E-state index contributed by atoms with van der Waals surface area (Å²) >= 11 is 0. The van der Waals surface area contributed by atoms with E-state index in [-0.39, 0.29) is 24.7 Å². The Morgan fingerprint density at radius 1 is 1.06 bits per heavy atom. The number of carbonyl (C=O) groups excluding carboxylic acids is 2. The number of nitrogens with zero attached hydrogens (tertiary/aromatic N) is 2. The monoisotopic (exact) mass is 442 g/mol. The van der Waals surface area contributed by atoms with E-state index in [1.807, 2.05) is 68.4 Å². The van der Waals surface area contributed by atoms with Gasteiger partial charge in [0.1, 0.15) is 5.82 Å². The van der Waals surface area contributed by atoms with E-state index in [0.717, 1.165) is 27.8 Å². The minimum Gasteiger partial charge on any atom is -0.465 e. The number of methoxy groups -OCH3 is 1. The molecule has 0 aliphatic rings. The van der Waals surface area contributed by atoms with Crippen LogP contribution in [0.25, 0.3) is 11.1 Å². The number of anilines is 2. The topological polar surface area (TPSA) is 104 Å². The number of hydrogen-bond acceptors (Lipinski definition) is 6. The van der Waals surface area contributed by atoms with Gasteiger partial charge in [0.15, 0.2) is 0 Å². The summed E-state index contributed by atoms with van der Waals surface area (Å²) in [5, 5.41) is 14.8. The third kappa shape index (κ3) is 5.74. The van der Waals surface area contributed by atoms with Crippen molar-refractivity contribution in [3.63, 3.8) is 0 Å². The third-order valence-corrected chi connectivity index (χ3v) is 5.27. The van der Waals surface area contributed by atoms with E-state index in [1.165, 1.54) is 7.11 Å². The lowest BCUT2D eigenvalue weighted by Crippen LogP contribution is -2.15. The van der Waals surface area contributed by atoms with Gasteiger partial charge in [-0.05, 0) is 47.7 Å². The van der Waals surface area contributed by atoms with E-state index in [1.54, 1.807) is 6.20 Å². The summed E-state index contributed by atoms with van der Waals surface area (Å²) in [6.45, 7) is 4.28. The number of nitriles is 1. The number of amides is 1. The van der Waals surface area contributed by atoms with Crippen LogP contribution in [0.4, 0.5) is 11.5 Å². The number of ether oxygens (including phenoxy) is 1. The number of aryl methyl sites for hydroxylation is 2. The average molecular weight is 443 g/mol. The summed E-state index contributed by atoms with van der Waals surface area (Å²) in [6.07, 6.45) is 1.98. The Balaban J connectivity index is 1.76. The summed E-state index contributed by atoms with van der Waals surface area (Å²) in [5.41, 5.74) is 5.66. The van der Waals surface area contributed by atoms with Crippen molar-refractivity contribution < 1.29 is 14.3 Å². The van der Waals surface area contributed by atoms with Crippen molar-refractivity contribution in [1.82, 2.24) is 4.98 Å². The summed E-state index contributed by atoms with van der Waals surface area (Å²) in [5.74, 6) is -0.0145. The van der Waals surface area contributed by atoms with Gasteiger partial charge in [0.2, 0.25) is 5.91 Å². The number of benzene rings is 2. The minimum atomic E-state index is -0.358. The fourth-order valence-corrected chi connectivity index (χ4v) is 3.49. The minimum absolute atomic E-state index is 0.137. The Morgan fingerprint density at radius 2 is 1.82 bits per heavy atom. The van der Waals surface area contributed by atoms with E-state index >= 15 is 0 Å². The van der Waals surface area contributed by atoms with Crippen molar-refractivity contribution in [2.45, 2.75) is 33.2 Å². The number of aromatic nitrogens is 1. The van der Waals surface area contributed by atoms with Gasteiger partial charge in [-0.15, -0.1) is 0 Å². The molecule has 3 rings (SSSR count). The Bertz CT molecular complexity index is 1200. The molecule has 33 heavy (non-hydrogen) atoms. The zero-order valence-corrected chi connectivity index (χ0v) is 18.9. The van der Waals surface area contributed by atoms with Crippen LogP contribution in [-0.2, 0) is 16.1 Å². The second-order valence-electron chi connectivity index (χ2n) is 7.60. The molecule has 7 heteroatoms. The summed E-state index contributed by atoms with van der Waals surface area (Å²) < 4.78 is 4.96. The molecule has 0 bridgehead atoms. The lowest BCUT2D eigenvalue weighted by atomic mass is 9.95. The van der Waals surface area contributed by atoms with Gasteiger partial charge in [0.25, 0.3) is 0 Å². The van der Waals surface area contributed by atoms with Crippen molar-refractivity contribution in [3.05, 3.63) is 77.0 Å². The Morgan fingerprint density at radius 3 is 2.52 bits per heavy atom. The molecule has 0 unspecified atom stereocenters. The van der Waals surface area contributed by atoms with E-state index in [4.69, 9.17) is 10.00 Å². The first-order chi connectivity index (χ1) is 15.9. The SMILES string of the molecule is COC(=O)c1c(C)cccc1-c1ccc(CNc2nccc(C)c2NC(=O)CCC#N)cc1. The van der Waals surface area contributed by atoms with Crippen LogP contribution in [0, 0.1) is 25.2 Å². The van der Waals surface area contributed by atoms with Crippen LogP contribution < -0.4 is 10.6 Å². The smallest absolute Gasteiger partial charge is 0.338 e. The molecule has 0 radical (unpaired) electrons. The number of rotatable bonds is 8. The van der Waals surface area contributed by atoms with Crippen LogP contribution in [0.3, 0.4) is 0 Å². The summed E-state index contributed by atoms with van der Waals surface area (Å²) in [7, 11) is 1.38. The first-order valence-corrected chi connectivity index (χ1v) is 10.6. The standard InChI is InChI=1S/C26H26N4O3/c1-17-6-4-7-21(23(17)26(32)33-3)20-11-9-19(10-12-20)16-29-25-24(18(2)13-15-28-25)30-22(31)8-5-14-27/h4,6-7,9-13,15H,5,8,16H2,1-3H3,(H,28,29)(H,30,31). The fourth-order valence-electron chi connectivity index (χ4n) is 3.49. The van der Waals surface area contributed by atoms with Crippen LogP contribution in [0.15, 0.2) is 54.7 Å². The highest BCUT2D eigenvalue weighted by atomic mass is 16.5. The van der Waals surface area contributed by atoms with Crippen molar-refractivity contribution in [1.29, 1.82) is 5.26 Å². The third-order valence-electron chi connectivity index (χ3n) is 5.27. The normalized spacial score (nSPS) is 10.2. The highest BCUT2D eigenvalue weighted by Gasteiger charge is 2.16. The zero-order valence-electron chi connectivity index (χ0n) is 18.9. The van der Waals surface area contributed by atoms with Gasteiger partial charge in [-0.3, -0.25) is 4.79 Å². The van der Waals surface area contributed by atoms with Crippen molar-refractivity contribution >= 4 is 23.4 Å². The quantitative estimate of drug-likeness (QED) is 0.476. The van der Waals surface area contributed by atoms with Gasteiger partial charge < -0.3 is 15.4 Å². The van der Waals surface area contributed by atoms with Gasteiger partial charge >= 0.3 is 5.97 Å². The molecule has 3 aromatic rings. The predicted molar refractivity (Wildman–Crippen MR) is 128 cm³/mol. The summed E-state index contributed by atoms with van der Waals surface area (Å²) in [6, 6.07) is 17.4. The number of hydrogen-bond donors (Lipinski definition) is 2. The number of nitrogens with one attached hydrogen (secondary N) is 2. The maximum absolute atomic E-state index is 12.3. The van der Waals surface area contributed by atoms with E-state index in [9.17, 15) is 9.59 Å². The molecule has 0 aliphatic carbocycles. The van der Waals surface area contributed by atoms with Crippen molar-refractivity contribution in [2.24, 2.45) is 0 Å². The highest BCUT2D eigenvalue weighted by Crippen LogP contribution is 2.28. The van der Waals surface area contributed by atoms with Gasteiger partial charge in [-0.25, -0.2) is 9.78 Å². The second kappa shape index (κ2) is 10.9. The summed E-state index contributed by atoms with van der Waals surface area (Å²) in [4.78, 5) is 28.7. The molecule has 2 aromatic carbocycles. The molecule has 7 nitrogen and oxygen atoms in total. The fraction of sp³-hybridized carbons (Fsp3) is 0.231. The molecule has 0 spiro atoms. The molecule has 2 N–H and O–H groups in total. The van der Waals surface area contributed by atoms with Crippen LogP contribution in [0.1, 0.15) is 39.9 Å². The Labute approximate surface area is 193 Å². The van der Waals surface area contributed by atoms with Crippen molar-refractivity contribution in [2.75, 3.05) is 17.7 Å². The van der Waals surface area contributed by atoms with Gasteiger partial charge in [0, 0.05) is 25.6 Å². The Kier molecular flexibility index (Phi) is 7.77. The van der Waals surface area contributed by atoms with Gasteiger partial charge in [0.05, 0.1) is 24.4 Å². The van der Waals surface area contributed by atoms with Crippen molar-refractivity contribution in [3.8, 4) is 17.2 Å². The molecule has 0 atom stereocenters. The molecule has 0 saturated heterocycles. The Hall–Kier alpha value is -4.18. The molecule has 0 aliphatic heterocycles. The maximum Gasteiger partial charge on any atom is 0.338 e. The van der Waals surface area contributed by atoms with E-state index < -0.39 is 0 Å². The molecule has 168 valence electrons. The number of pyridine rings is 1. The zero-order chi connectivity index (χ0) is 23.8. The average Bonchev–Trinajstić information content (AvgIpc) is 2.82.